The first-order valence-electron chi connectivity index (χ1n) is 8.46. The van der Waals surface area contributed by atoms with Gasteiger partial charge in [0.05, 0.1) is 23.3 Å². The third-order valence-corrected chi connectivity index (χ3v) is 4.31. The number of hydrogen-bond acceptors (Lipinski definition) is 4. The van der Waals surface area contributed by atoms with Crippen LogP contribution in [0.5, 0.6) is 0 Å². The van der Waals surface area contributed by atoms with Crippen molar-refractivity contribution in [2.24, 2.45) is 0 Å². The maximum atomic E-state index is 12.1. The number of aromatic amines is 1. The molecule has 3 rings (SSSR count). The van der Waals surface area contributed by atoms with Crippen LogP contribution in [-0.4, -0.2) is 22.5 Å². The molecule has 2 aromatic heterocycles. The molecule has 0 aliphatic carbocycles. The molecular formula is C20H23N3O2. The predicted octanol–water partition coefficient (Wildman–Crippen LogP) is 4.28. The van der Waals surface area contributed by atoms with Crippen LogP contribution in [-0.2, 0) is 11.3 Å². The predicted molar refractivity (Wildman–Crippen MR) is 100 cm³/mol. The Labute approximate surface area is 147 Å². The fraction of sp³-hybridized carbons (Fsp3) is 0.300. The van der Waals surface area contributed by atoms with Crippen LogP contribution in [0, 0.1) is 20.8 Å². The number of nitrogens with one attached hydrogen (secondary N) is 2. The second kappa shape index (κ2) is 6.97. The highest BCUT2D eigenvalue weighted by molar-refractivity contribution is 5.96. The molecule has 0 amide bonds. The van der Waals surface area contributed by atoms with Gasteiger partial charge in [-0.3, -0.25) is 0 Å². The lowest BCUT2D eigenvalue weighted by Gasteiger charge is -2.13. The van der Waals surface area contributed by atoms with Crippen molar-refractivity contribution >= 4 is 22.7 Å². The van der Waals surface area contributed by atoms with Crippen LogP contribution in [0.15, 0.2) is 30.3 Å². The number of aryl methyl sites for hydroxylation is 3. The summed E-state index contributed by atoms with van der Waals surface area (Å²) in [5.74, 6) is -0.404. The van der Waals surface area contributed by atoms with Crippen molar-refractivity contribution in [1.29, 1.82) is 0 Å². The van der Waals surface area contributed by atoms with Gasteiger partial charge in [0.1, 0.15) is 0 Å². The van der Waals surface area contributed by atoms with Crippen LogP contribution in [0.2, 0.25) is 0 Å². The number of carbonyl (C=O) groups excluding carboxylic acids is 1. The van der Waals surface area contributed by atoms with Crippen LogP contribution in [0.25, 0.3) is 11.0 Å². The van der Waals surface area contributed by atoms with Crippen LogP contribution < -0.4 is 5.32 Å². The molecule has 0 fully saturated rings. The summed E-state index contributed by atoms with van der Waals surface area (Å²) in [5, 5.41) is 3.46. The molecule has 25 heavy (non-hydrogen) atoms. The number of pyridine rings is 1. The van der Waals surface area contributed by atoms with E-state index in [0.717, 1.165) is 22.4 Å². The molecular weight excluding hydrogens is 314 g/mol. The van der Waals surface area contributed by atoms with E-state index in [0.29, 0.717) is 18.8 Å². The van der Waals surface area contributed by atoms with Crippen LogP contribution >= 0.6 is 0 Å². The van der Waals surface area contributed by atoms with E-state index in [1.54, 1.807) is 13.0 Å². The SMILES string of the molecule is CCOC(=O)c1cc(NCc2c(C)cccc2C)c2[nH]c(C)cc2n1. The zero-order chi connectivity index (χ0) is 18.0. The highest BCUT2D eigenvalue weighted by Gasteiger charge is 2.15. The minimum absolute atomic E-state index is 0.317. The Bertz CT molecular complexity index is 908. The Kier molecular flexibility index (Phi) is 4.74. The summed E-state index contributed by atoms with van der Waals surface area (Å²) in [6.45, 7) is 8.98. The summed E-state index contributed by atoms with van der Waals surface area (Å²) in [4.78, 5) is 19.8. The van der Waals surface area contributed by atoms with Crippen molar-refractivity contribution < 1.29 is 9.53 Å². The number of esters is 1. The molecule has 0 saturated heterocycles. The van der Waals surface area contributed by atoms with Crippen LogP contribution in [0.4, 0.5) is 5.69 Å². The molecule has 3 aromatic rings. The largest absolute Gasteiger partial charge is 0.461 e. The Morgan fingerprint density at radius 1 is 1.20 bits per heavy atom. The number of fused-ring (bicyclic) bond motifs is 1. The van der Waals surface area contributed by atoms with Gasteiger partial charge >= 0.3 is 5.97 Å². The standard InChI is InChI=1S/C20H23N3O2/c1-5-25-20(24)18-10-16(19-17(23-18)9-14(4)22-19)21-11-15-12(2)7-6-8-13(15)3/h6-10,22H,5,11H2,1-4H3,(H,21,23). The number of benzene rings is 1. The monoisotopic (exact) mass is 337 g/mol. The maximum absolute atomic E-state index is 12.1. The highest BCUT2D eigenvalue weighted by Crippen LogP contribution is 2.25. The normalized spacial score (nSPS) is 10.9. The van der Waals surface area contributed by atoms with Crippen LogP contribution in [0.3, 0.4) is 0 Å². The number of anilines is 1. The van der Waals surface area contributed by atoms with E-state index in [9.17, 15) is 4.79 Å². The summed E-state index contributed by atoms with van der Waals surface area (Å²) in [6, 6.07) is 9.96. The number of hydrogen-bond donors (Lipinski definition) is 2. The average molecular weight is 337 g/mol. The summed E-state index contributed by atoms with van der Waals surface area (Å²) < 4.78 is 5.10. The van der Waals surface area contributed by atoms with E-state index in [1.165, 1.54) is 16.7 Å². The van der Waals surface area contributed by atoms with Gasteiger partial charge in [-0.05, 0) is 56.5 Å². The molecule has 0 saturated carbocycles. The molecule has 2 N–H and O–H groups in total. The van der Waals surface area contributed by atoms with Crippen molar-refractivity contribution in [3.05, 3.63) is 58.4 Å². The van der Waals surface area contributed by atoms with Crippen molar-refractivity contribution in [3.63, 3.8) is 0 Å². The van der Waals surface area contributed by atoms with Crippen molar-refractivity contribution in [2.75, 3.05) is 11.9 Å². The lowest BCUT2D eigenvalue weighted by atomic mass is 10.0. The van der Waals surface area contributed by atoms with Crippen molar-refractivity contribution in [1.82, 2.24) is 9.97 Å². The van der Waals surface area contributed by atoms with Gasteiger partial charge in [-0.1, -0.05) is 18.2 Å². The number of aromatic nitrogens is 2. The molecule has 1 aromatic carbocycles. The van der Waals surface area contributed by atoms with Gasteiger partial charge in [0.25, 0.3) is 0 Å². The Morgan fingerprint density at radius 2 is 1.92 bits per heavy atom. The molecule has 5 nitrogen and oxygen atoms in total. The van der Waals surface area contributed by atoms with E-state index in [-0.39, 0.29) is 0 Å². The minimum Gasteiger partial charge on any atom is -0.461 e. The van der Waals surface area contributed by atoms with Gasteiger partial charge in [0.15, 0.2) is 5.69 Å². The van der Waals surface area contributed by atoms with Gasteiger partial charge in [0.2, 0.25) is 0 Å². The Hall–Kier alpha value is -2.82. The summed E-state index contributed by atoms with van der Waals surface area (Å²) in [5.41, 5.74) is 7.56. The molecule has 0 bridgehead atoms. The zero-order valence-corrected chi connectivity index (χ0v) is 15.1. The molecule has 0 aliphatic heterocycles. The molecule has 0 aliphatic rings. The molecule has 5 heteroatoms. The molecule has 0 radical (unpaired) electrons. The Morgan fingerprint density at radius 3 is 2.60 bits per heavy atom. The topological polar surface area (TPSA) is 67.0 Å². The number of ether oxygens (including phenoxy) is 1. The quantitative estimate of drug-likeness (QED) is 0.682. The first-order chi connectivity index (χ1) is 12.0. The van der Waals surface area contributed by atoms with Crippen molar-refractivity contribution in [2.45, 2.75) is 34.2 Å². The summed E-state index contributed by atoms with van der Waals surface area (Å²) in [7, 11) is 0. The minimum atomic E-state index is -0.404. The second-order valence-corrected chi connectivity index (χ2v) is 6.21. The van der Waals surface area contributed by atoms with Gasteiger partial charge in [-0.2, -0.15) is 0 Å². The van der Waals surface area contributed by atoms with E-state index in [4.69, 9.17) is 4.74 Å². The van der Waals surface area contributed by atoms with E-state index >= 15 is 0 Å². The highest BCUT2D eigenvalue weighted by atomic mass is 16.5. The molecule has 0 unspecified atom stereocenters. The van der Waals surface area contributed by atoms with Gasteiger partial charge in [-0.15, -0.1) is 0 Å². The fourth-order valence-electron chi connectivity index (χ4n) is 3.00. The van der Waals surface area contributed by atoms with Gasteiger partial charge in [-0.25, -0.2) is 9.78 Å². The Balaban J connectivity index is 1.98. The van der Waals surface area contributed by atoms with Crippen LogP contribution in [0.1, 0.15) is 39.8 Å². The van der Waals surface area contributed by atoms with Gasteiger partial charge < -0.3 is 15.0 Å². The molecule has 0 spiro atoms. The summed E-state index contributed by atoms with van der Waals surface area (Å²) in [6.07, 6.45) is 0. The average Bonchev–Trinajstić information content (AvgIpc) is 2.94. The van der Waals surface area contributed by atoms with Gasteiger partial charge in [0, 0.05) is 12.2 Å². The number of carbonyl (C=O) groups is 1. The smallest absolute Gasteiger partial charge is 0.357 e. The molecule has 130 valence electrons. The molecule has 2 heterocycles. The van der Waals surface area contributed by atoms with E-state index in [1.807, 2.05) is 13.0 Å². The van der Waals surface area contributed by atoms with E-state index in [2.05, 4.69) is 47.3 Å². The third kappa shape index (κ3) is 3.50. The van der Waals surface area contributed by atoms with E-state index < -0.39 is 5.97 Å². The maximum Gasteiger partial charge on any atom is 0.357 e. The first-order valence-corrected chi connectivity index (χ1v) is 8.46. The molecule has 0 atom stereocenters. The third-order valence-electron chi connectivity index (χ3n) is 4.31. The number of rotatable bonds is 5. The number of nitrogens with zero attached hydrogens (tertiary/aromatic N) is 1. The lowest BCUT2D eigenvalue weighted by molar-refractivity contribution is 0.0520. The fourth-order valence-corrected chi connectivity index (χ4v) is 3.00. The zero-order valence-electron chi connectivity index (χ0n) is 15.1. The first kappa shape index (κ1) is 17.0. The lowest BCUT2D eigenvalue weighted by Crippen LogP contribution is -2.09. The number of H-pyrrole nitrogens is 1. The summed E-state index contributed by atoms with van der Waals surface area (Å²) >= 11 is 0. The second-order valence-electron chi connectivity index (χ2n) is 6.21. The van der Waals surface area contributed by atoms with Crippen molar-refractivity contribution in [3.8, 4) is 0 Å².